The van der Waals surface area contributed by atoms with Gasteiger partial charge < -0.3 is 19.5 Å². The van der Waals surface area contributed by atoms with Crippen molar-refractivity contribution in [3.8, 4) is 0 Å². The first-order valence-electron chi connectivity index (χ1n) is 20.4. The molecule has 0 aromatic carbocycles. The average Bonchev–Trinajstić information content (AvgIpc) is 3.41. The van der Waals surface area contributed by atoms with E-state index in [4.69, 9.17) is 4.74 Å². The quantitative estimate of drug-likeness (QED) is 0.123. The van der Waals surface area contributed by atoms with Crippen molar-refractivity contribution in [2.45, 2.75) is 51.4 Å². The summed E-state index contributed by atoms with van der Waals surface area (Å²) in [5.41, 5.74) is 3.00. The van der Waals surface area contributed by atoms with E-state index >= 15 is 0 Å². The molecule has 7 fully saturated rings. The normalized spacial score (nSPS) is 22.5. The fourth-order valence-corrected chi connectivity index (χ4v) is 10.8. The van der Waals surface area contributed by atoms with E-state index in [1.165, 1.54) is 98.4 Å². The van der Waals surface area contributed by atoms with Gasteiger partial charge in [-0.05, 0) is 86.7 Å². The highest BCUT2D eigenvalue weighted by atomic mass is 32.2. The number of allylic oxidation sites excluding steroid dienone is 3. The molecule has 0 aliphatic carbocycles. The second-order valence-electron chi connectivity index (χ2n) is 11.8. The Kier molecular flexibility index (Phi) is 56.6. The number of hydrazine groups is 1. The van der Waals surface area contributed by atoms with E-state index < -0.39 is 0 Å². The summed E-state index contributed by atoms with van der Waals surface area (Å²) in [6.45, 7) is 11.1. The molecule has 0 saturated carbocycles. The van der Waals surface area contributed by atoms with E-state index in [1.807, 2.05) is 83.8 Å². The number of thioether (sulfide) groups is 1. The lowest BCUT2D eigenvalue weighted by Gasteiger charge is -2.10. The summed E-state index contributed by atoms with van der Waals surface area (Å²) in [5.74, 6) is 9.38. The predicted molar refractivity (Wildman–Crippen MR) is 291 cm³/mol. The van der Waals surface area contributed by atoms with E-state index in [0.717, 1.165) is 69.9 Å². The molecule has 15 nitrogen and oxygen atoms in total. The van der Waals surface area contributed by atoms with Gasteiger partial charge >= 0.3 is 0 Å². The topological polar surface area (TPSA) is 178 Å². The van der Waals surface area contributed by atoms with Crippen LogP contribution < -0.4 is 62.9 Å². The summed E-state index contributed by atoms with van der Waals surface area (Å²) in [6, 6.07) is 0. The van der Waals surface area contributed by atoms with Gasteiger partial charge in [0.1, 0.15) is 5.94 Å². The highest BCUT2D eigenvalue weighted by Gasteiger charge is 1.97. The zero-order valence-corrected chi connectivity index (χ0v) is 44.0. The third-order valence-corrected chi connectivity index (χ3v) is 15.5. The van der Waals surface area contributed by atoms with E-state index in [9.17, 15) is 0 Å². The van der Waals surface area contributed by atoms with Gasteiger partial charge in [0, 0.05) is 124 Å². The van der Waals surface area contributed by atoms with Gasteiger partial charge in [0.05, 0.1) is 17.6 Å². The second-order valence-corrected chi connectivity index (χ2v) is 22.0. The minimum atomic E-state index is 0.806. The maximum atomic E-state index is 4.97. The molecule has 0 amide bonds. The SMILES string of the molecule is C1=CNSC=C1.C1=CNSCC1.C1=NNSCC1.C1CCSNC1.C1CCSNC1.C1CNNSC1.C1CNSCN1.C1CNSNC1.C1COCSN1.C1CSCSN1. The molecule has 0 unspecified atom stereocenters. The van der Waals surface area contributed by atoms with Crippen LogP contribution in [0.1, 0.15) is 51.4 Å². The molecule has 0 aromatic heterocycles. The Labute approximate surface area is 411 Å². The lowest BCUT2D eigenvalue weighted by atomic mass is 10.3. The van der Waals surface area contributed by atoms with Crippen LogP contribution in [0, 0.1) is 0 Å². The van der Waals surface area contributed by atoms with Gasteiger partial charge in [0.15, 0.2) is 0 Å². The zero-order chi connectivity index (χ0) is 42.4. The minimum absolute atomic E-state index is 0.806. The summed E-state index contributed by atoms with van der Waals surface area (Å²) in [7, 11) is 0. The number of hydrazone groups is 1. The Bertz CT molecular complexity index is 690. The third kappa shape index (κ3) is 54.0. The van der Waals surface area contributed by atoms with Crippen LogP contribution in [-0.4, -0.2) is 123 Å². The Morgan fingerprint density at radius 2 is 1.28 bits per heavy atom. The Hall–Kier alpha value is 1.70. The van der Waals surface area contributed by atoms with Crippen molar-refractivity contribution >= 4 is 138 Å². The van der Waals surface area contributed by atoms with Crippen LogP contribution in [0.5, 0.6) is 0 Å². The molecule has 352 valence electrons. The van der Waals surface area contributed by atoms with Gasteiger partial charge in [-0.25, -0.2) is 10.3 Å². The van der Waals surface area contributed by atoms with Crippen molar-refractivity contribution in [1.29, 1.82) is 0 Å². The van der Waals surface area contributed by atoms with Crippen molar-refractivity contribution in [3.63, 3.8) is 0 Å². The minimum Gasteiger partial charge on any atom is -0.368 e. The van der Waals surface area contributed by atoms with Crippen LogP contribution in [0.25, 0.3) is 0 Å². The van der Waals surface area contributed by atoms with Crippen molar-refractivity contribution in [2.75, 3.05) is 117 Å². The lowest BCUT2D eigenvalue weighted by molar-refractivity contribution is 0.179. The van der Waals surface area contributed by atoms with Crippen LogP contribution in [0.4, 0.5) is 0 Å². The van der Waals surface area contributed by atoms with Gasteiger partial charge in [-0.15, -0.1) is 11.8 Å². The monoisotopic (exact) mass is 1050 g/mol. The van der Waals surface area contributed by atoms with Crippen LogP contribution in [0.15, 0.2) is 41.1 Å². The Balaban J connectivity index is 0.000000333. The molecule has 10 aliphatic rings. The first kappa shape index (κ1) is 59.7. The zero-order valence-electron chi connectivity index (χ0n) is 35.0. The highest BCUT2D eigenvalue weighted by Crippen LogP contribution is 2.12. The van der Waals surface area contributed by atoms with Gasteiger partial charge in [-0.3, -0.25) is 37.9 Å². The molecule has 60 heavy (non-hydrogen) atoms. The van der Waals surface area contributed by atoms with E-state index in [2.05, 4.69) is 74.1 Å². The summed E-state index contributed by atoms with van der Waals surface area (Å²) >= 11 is 19.2. The number of nitrogens with zero attached hydrogens (tertiary/aromatic N) is 1. The van der Waals surface area contributed by atoms with E-state index in [0.29, 0.717) is 0 Å². The number of rotatable bonds is 0. The summed E-state index contributed by atoms with van der Waals surface area (Å²) in [6.07, 6.45) is 22.2. The van der Waals surface area contributed by atoms with Crippen LogP contribution >= 0.6 is 131 Å². The number of nitrogens with one attached hydrogen (secondary N) is 13. The second kappa shape index (κ2) is 56.8. The summed E-state index contributed by atoms with van der Waals surface area (Å²) < 4.78 is 32.9. The molecule has 13 N–H and O–H groups in total. The molecule has 0 spiro atoms. The molecule has 10 heterocycles. The molecule has 0 atom stereocenters. The van der Waals surface area contributed by atoms with Crippen molar-refractivity contribution in [1.82, 2.24) is 62.9 Å². The maximum Gasteiger partial charge on any atom is 0.106 e. The number of hydrogen-bond donors (Lipinski definition) is 13. The van der Waals surface area contributed by atoms with Crippen LogP contribution in [-0.2, 0) is 4.74 Å². The van der Waals surface area contributed by atoms with Crippen LogP contribution in [0.2, 0.25) is 0 Å². The number of ether oxygens (including phenoxy) is 1. The molecule has 7 saturated heterocycles. The summed E-state index contributed by atoms with van der Waals surface area (Å²) in [5, 5.41) is 10.2. The highest BCUT2D eigenvalue weighted by molar-refractivity contribution is 8.15. The smallest absolute Gasteiger partial charge is 0.106 e. The molecule has 10 rings (SSSR count). The molecule has 26 heteroatoms. The predicted octanol–water partition coefficient (Wildman–Crippen LogP) is 6.25. The first-order chi connectivity index (χ1) is 30.0. The molecule has 0 radical (unpaired) electrons. The van der Waals surface area contributed by atoms with Gasteiger partial charge in [0.2, 0.25) is 0 Å². The van der Waals surface area contributed by atoms with Gasteiger partial charge in [0.25, 0.3) is 0 Å². The fourth-order valence-electron chi connectivity index (χ4n) is 3.77. The average molecular weight is 1050 g/mol. The lowest BCUT2D eigenvalue weighted by Crippen LogP contribution is -2.31. The van der Waals surface area contributed by atoms with Gasteiger partial charge in [-0.1, -0.05) is 95.8 Å². The van der Waals surface area contributed by atoms with E-state index in [-0.39, 0.29) is 0 Å². The molecule has 10 aliphatic heterocycles. The fraction of sp³-hybridized carbons (Fsp3) is 0.794. The molecular weight excluding hydrogens is 973 g/mol. The summed E-state index contributed by atoms with van der Waals surface area (Å²) in [4.78, 5) is 5.72. The largest absolute Gasteiger partial charge is 0.368 e. The Morgan fingerprint density at radius 3 is 1.43 bits per heavy atom. The number of hydrogen-bond acceptors (Lipinski definition) is 26. The molecule has 0 bridgehead atoms. The van der Waals surface area contributed by atoms with Crippen molar-refractivity contribution < 1.29 is 4.74 Å². The third-order valence-electron chi connectivity index (χ3n) is 6.72. The van der Waals surface area contributed by atoms with E-state index in [1.54, 1.807) is 83.8 Å². The molecule has 0 aromatic rings. The standard InChI is InChI=1S/2C4H9NS.C4H7NS.C4H5NS.2C3H8N2S.C3H6N2S.C3H8N2S.C3H7NOS.C3H7NS2/c4*1-2-4-6-5-3-1;1-2-5-6-3-4-1;2*1-2-4-5-6-3-1;1-2-4-6-5-3-1;2*1-2-5-3-6-4-1/h2*5H,1-4H2;1,3,5H,2,4H2;1-5H;2*4-5H,1-3H2;2,5H,1,3H2;4-5H,1-3H2;2*4H,1-3H2. The Morgan fingerprint density at radius 1 is 0.517 bits per heavy atom. The molecular formula is C34H74N14OS11. The maximum absolute atomic E-state index is 4.97. The van der Waals surface area contributed by atoms with Gasteiger partial charge in [-0.2, -0.15) is 5.10 Å². The van der Waals surface area contributed by atoms with Crippen molar-refractivity contribution in [2.24, 2.45) is 5.10 Å². The van der Waals surface area contributed by atoms with Crippen molar-refractivity contribution in [3.05, 3.63) is 36.0 Å². The van der Waals surface area contributed by atoms with Crippen LogP contribution in [0.3, 0.4) is 0 Å². The first-order valence-corrected chi connectivity index (χ1v) is 31.2.